The molecule has 1 fully saturated rings. The summed E-state index contributed by atoms with van der Waals surface area (Å²) in [5.74, 6) is 0.183. The average molecular weight is 609 g/mol. The Hall–Kier alpha value is -3.86. The van der Waals surface area contributed by atoms with Crippen LogP contribution in [0.3, 0.4) is 0 Å². The Bertz CT molecular complexity index is 1720. The molecule has 9 heteroatoms. The highest BCUT2D eigenvalue weighted by molar-refractivity contribution is 8.01. The Balaban J connectivity index is 1.08. The van der Waals surface area contributed by atoms with Gasteiger partial charge in [-0.1, -0.05) is 84.6 Å². The third-order valence-corrected chi connectivity index (χ3v) is 10.1. The molecule has 216 valence electrons. The molecule has 1 N–H and O–H groups in total. The number of amides is 2. The first kappa shape index (κ1) is 27.9. The van der Waals surface area contributed by atoms with E-state index in [0.717, 1.165) is 37.9 Å². The highest BCUT2D eigenvalue weighted by atomic mass is 32.2. The van der Waals surface area contributed by atoms with Crippen molar-refractivity contribution >= 4 is 45.1 Å². The number of hydrogen-bond acceptors (Lipinski definition) is 8. The van der Waals surface area contributed by atoms with Gasteiger partial charge in [0, 0.05) is 17.7 Å². The maximum Gasteiger partial charge on any atom is 0.261 e. The van der Waals surface area contributed by atoms with Crippen molar-refractivity contribution in [3.63, 3.8) is 0 Å². The summed E-state index contributed by atoms with van der Waals surface area (Å²) in [4.78, 5) is 31.7. The molecule has 2 aliphatic heterocycles. The van der Waals surface area contributed by atoms with E-state index in [1.54, 1.807) is 47.4 Å². The van der Waals surface area contributed by atoms with Crippen LogP contribution in [-0.4, -0.2) is 38.7 Å². The number of nitrogens with zero attached hydrogens (tertiary/aromatic N) is 2. The minimum absolute atomic E-state index is 0.00790. The van der Waals surface area contributed by atoms with Gasteiger partial charge in [-0.25, -0.2) is 4.98 Å². The number of carbonyl (C=O) groups is 2. The van der Waals surface area contributed by atoms with E-state index in [4.69, 9.17) is 14.5 Å². The van der Waals surface area contributed by atoms with Crippen LogP contribution in [-0.2, 0) is 22.6 Å². The molecule has 7 rings (SSSR count). The molecular formula is C34H28N2O5S2. The Morgan fingerprint density at radius 2 is 1.47 bits per heavy atom. The molecule has 2 amide bonds. The van der Waals surface area contributed by atoms with Crippen LogP contribution in [0, 0.1) is 0 Å². The molecule has 0 saturated carbocycles. The lowest BCUT2D eigenvalue weighted by molar-refractivity contribution is -0.245. The van der Waals surface area contributed by atoms with Crippen LogP contribution in [0.1, 0.15) is 61.8 Å². The van der Waals surface area contributed by atoms with Gasteiger partial charge in [0.2, 0.25) is 0 Å². The first-order valence-corrected chi connectivity index (χ1v) is 15.9. The Morgan fingerprint density at radius 3 is 2.16 bits per heavy atom. The van der Waals surface area contributed by atoms with Gasteiger partial charge in [-0.2, -0.15) is 0 Å². The number of aromatic nitrogens is 1. The molecule has 0 radical (unpaired) electrons. The summed E-state index contributed by atoms with van der Waals surface area (Å²) in [7, 11) is 0. The predicted octanol–water partition coefficient (Wildman–Crippen LogP) is 6.92. The molecule has 0 bridgehead atoms. The van der Waals surface area contributed by atoms with Crippen LogP contribution >= 0.6 is 23.1 Å². The second-order valence-corrected chi connectivity index (χ2v) is 12.9. The summed E-state index contributed by atoms with van der Waals surface area (Å²) in [5, 5.41) is 9.49. The lowest BCUT2D eigenvalue weighted by atomic mass is 10.0. The number of thioether (sulfide) groups is 1. The molecule has 1 aromatic heterocycles. The fraction of sp³-hybridized carbons (Fsp3) is 0.206. The van der Waals surface area contributed by atoms with Crippen molar-refractivity contribution in [1.29, 1.82) is 0 Å². The minimum atomic E-state index is -0.592. The summed E-state index contributed by atoms with van der Waals surface area (Å²) in [6.45, 7) is 0.187. The van der Waals surface area contributed by atoms with Crippen LogP contribution in [0.15, 0.2) is 101 Å². The summed E-state index contributed by atoms with van der Waals surface area (Å²) in [6.07, 6.45) is -0.183. The number of imide groups is 1. The molecule has 0 unspecified atom stereocenters. The topological polar surface area (TPSA) is 89.0 Å². The van der Waals surface area contributed by atoms with Gasteiger partial charge < -0.3 is 14.6 Å². The lowest BCUT2D eigenvalue weighted by Gasteiger charge is -2.36. The molecule has 3 atom stereocenters. The van der Waals surface area contributed by atoms with Crippen molar-refractivity contribution in [3.8, 4) is 0 Å². The molecule has 1 saturated heterocycles. The number of benzene rings is 4. The monoisotopic (exact) mass is 608 g/mol. The average Bonchev–Trinajstić information content (AvgIpc) is 3.58. The maximum absolute atomic E-state index is 12.8. The Labute approximate surface area is 257 Å². The van der Waals surface area contributed by atoms with Crippen LogP contribution in [0.2, 0.25) is 0 Å². The summed E-state index contributed by atoms with van der Waals surface area (Å²) >= 11 is 3.38. The zero-order chi connectivity index (χ0) is 29.3. The Kier molecular flexibility index (Phi) is 7.81. The van der Waals surface area contributed by atoms with E-state index < -0.39 is 6.29 Å². The van der Waals surface area contributed by atoms with E-state index in [9.17, 15) is 14.7 Å². The van der Waals surface area contributed by atoms with Crippen LogP contribution in [0.5, 0.6) is 0 Å². The van der Waals surface area contributed by atoms with Crippen LogP contribution in [0.25, 0.3) is 10.2 Å². The van der Waals surface area contributed by atoms with Gasteiger partial charge in [-0.3, -0.25) is 14.5 Å². The van der Waals surface area contributed by atoms with Gasteiger partial charge in [0.05, 0.1) is 46.7 Å². The Morgan fingerprint density at radius 1 is 0.814 bits per heavy atom. The number of hydrogen-bond donors (Lipinski definition) is 1. The number of ether oxygens (including phenoxy) is 2. The fourth-order valence-electron chi connectivity index (χ4n) is 5.45. The number of thiazole rings is 1. The third-order valence-electron chi connectivity index (χ3n) is 7.75. The largest absolute Gasteiger partial charge is 0.392 e. The number of aliphatic hydroxyl groups is 1. The number of para-hydroxylation sites is 1. The van der Waals surface area contributed by atoms with E-state index in [1.807, 2.05) is 66.7 Å². The quantitative estimate of drug-likeness (QED) is 0.151. The van der Waals surface area contributed by atoms with Crippen LogP contribution < -0.4 is 0 Å². The van der Waals surface area contributed by atoms with Gasteiger partial charge in [0.25, 0.3) is 11.8 Å². The standard InChI is InChI=1S/C34H28N2O5S2/c37-19-22-11-13-23(14-12-22)29-17-25(20-42-34-35-28-7-3-4-8-30(28)43-34)40-33(41-29)24-15-9-21(10-16-24)18-36-31(38)26-5-1-2-6-27(26)32(36)39/h1-16,25,29,33,37H,17-20H2/t25-,29+,33+/m0/s1. The molecule has 2 aliphatic rings. The normalized spacial score (nSPS) is 20.1. The molecule has 7 nitrogen and oxygen atoms in total. The summed E-state index contributed by atoms with van der Waals surface area (Å²) in [6, 6.07) is 30.6. The first-order valence-electron chi connectivity index (χ1n) is 14.1. The van der Waals surface area contributed by atoms with Crippen molar-refractivity contribution in [3.05, 3.63) is 130 Å². The SMILES string of the molecule is O=C1c2ccccc2C(=O)N1Cc1ccc([C@@H]2O[C@H](CSc3nc4ccccc4s3)C[C@H](c3ccc(CO)cc3)O2)cc1. The molecular weight excluding hydrogens is 581 g/mol. The van der Waals surface area contributed by atoms with Crippen molar-refractivity contribution in [2.45, 2.75) is 42.4 Å². The third kappa shape index (κ3) is 5.74. The van der Waals surface area contributed by atoms with Gasteiger partial charge in [-0.15, -0.1) is 11.3 Å². The van der Waals surface area contributed by atoms with Gasteiger partial charge >= 0.3 is 0 Å². The van der Waals surface area contributed by atoms with E-state index in [0.29, 0.717) is 17.5 Å². The molecule has 3 heterocycles. The zero-order valence-corrected chi connectivity index (χ0v) is 24.7. The molecule has 0 aliphatic carbocycles. The first-order chi connectivity index (χ1) is 21.1. The molecule has 0 spiro atoms. The van der Waals surface area contributed by atoms with Gasteiger partial charge in [0.1, 0.15) is 0 Å². The predicted molar refractivity (Wildman–Crippen MR) is 166 cm³/mol. The van der Waals surface area contributed by atoms with Crippen molar-refractivity contribution in [1.82, 2.24) is 9.88 Å². The maximum atomic E-state index is 12.8. The van der Waals surface area contributed by atoms with E-state index in [2.05, 4.69) is 6.07 Å². The highest BCUT2D eigenvalue weighted by Gasteiger charge is 2.35. The minimum Gasteiger partial charge on any atom is -0.392 e. The molecule has 43 heavy (non-hydrogen) atoms. The molecule has 5 aromatic rings. The van der Waals surface area contributed by atoms with E-state index in [-0.39, 0.29) is 37.2 Å². The fourth-order valence-corrected chi connectivity index (χ4v) is 7.56. The van der Waals surface area contributed by atoms with Crippen molar-refractivity contribution in [2.75, 3.05) is 5.75 Å². The number of rotatable bonds is 8. The number of aliphatic hydroxyl groups excluding tert-OH is 1. The second-order valence-electron chi connectivity index (χ2n) is 10.6. The second kappa shape index (κ2) is 12.0. The summed E-state index contributed by atoms with van der Waals surface area (Å²) in [5.41, 5.74) is 5.48. The smallest absolute Gasteiger partial charge is 0.261 e. The van der Waals surface area contributed by atoms with Crippen LogP contribution in [0.4, 0.5) is 0 Å². The van der Waals surface area contributed by atoms with Crippen molar-refractivity contribution in [2.24, 2.45) is 0 Å². The number of fused-ring (bicyclic) bond motifs is 2. The number of carbonyl (C=O) groups excluding carboxylic acids is 2. The molecule has 4 aromatic carbocycles. The van der Waals surface area contributed by atoms with Crippen molar-refractivity contribution < 1.29 is 24.2 Å². The highest BCUT2D eigenvalue weighted by Crippen LogP contribution is 2.40. The summed E-state index contributed by atoms with van der Waals surface area (Å²) < 4.78 is 15.2. The van der Waals surface area contributed by atoms with Gasteiger partial charge in [-0.05, 0) is 41.0 Å². The van der Waals surface area contributed by atoms with Gasteiger partial charge in [0.15, 0.2) is 10.6 Å². The lowest BCUT2D eigenvalue weighted by Crippen LogP contribution is -2.31. The van der Waals surface area contributed by atoms with E-state index >= 15 is 0 Å². The zero-order valence-electron chi connectivity index (χ0n) is 23.1. The van der Waals surface area contributed by atoms with E-state index in [1.165, 1.54) is 9.60 Å².